The second-order valence-corrected chi connectivity index (χ2v) is 15.7. The molecule has 11 heteroatoms. The van der Waals surface area contributed by atoms with Gasteiger partial charge in [-0.1, -0.05) is 36.8 Å². The van der Waals surface area contributed by atoms with Gasteiger partial charge in [0.15, 0.2) is 5.82 Å². The largest absolute Gasteiger partial charge is 0.487 e. The van der Waals surface area contributed by atoms with Crippen LogP contribution in [0.15, 0.2) is 36.4 Å². The molecule has 4 rings (SSSR count). The minimum atomic E-state index is -0.832. The molecule has 2 aliphatic rings. The first-order valence-corrected chi connectivity index (χ1v) is 16.8. The quantitative estimate of drug-likeness (QED) is 0.201. The molecule has 0 spiro atoms. The Morgan fingerprint density at radius 3 is 2.08 bits per heavy atom. The molecule has 1 aliphatic heterocycles. The Bertz CT molecular complexity index is 1460. The second-order valence-electron chi connectivity index (χ2n) is 15.7. The van der Waals surface area contributed by atoms with Gasteiger partial charge in [0.25, 0.3) is 0 Å². The first kappa shape index (κ1) is 36.8. The summed E-state index contributed by atoms with van der Waals surface area (Å²) in [6, 6.07) is 10.3. The fourth-order valence-corrected chi connectivity index (χ4v) is 5.64. The van der Waals surface area contributed by atoms with Crippen LogP contribution < -0.4 is 15.0 Å². The molecule has 10 nitrogen and oxygen atoms in total. The highest BCUT2D eigenvalue weighted by atomic mass is 19.1. The first-order chi connectivity index (χ1) is 22.3. The van der Waals surface area contributed by atoms with Crippen LogP contribution in [0, 0.1) is 11.7 Å². The molecule has 0 bridgehead atoms. The van der Waals surface area contributed by atoms with Crippen molar-refractivity contribution in [3.05, 3.63) is 53.3 Å². The molecule has 1 saturated carbocycles. The molecule has 2 aromatic carbocycles. The first-order valence-electron chi connectivity index (χ1n) is 16.8. The Hall–Kier alpha value is -4.02. The van der Waals surface area contributed by atoms with Crippen LogP contribution in [-0.2, 0) is 32.0 Å². The summed E-state index contributed by atoms with van der Waals surface area (Å²) in [5.74, 6) is -0.771. The maximum atomic E-state index is 16.7. The summed E-state index contributed by atoms with van der Waals surface area (Å²) in [4.78, 5) is 43.0. The van der Waals surface area contributed by atoms with Crippen LogP contribution in [0.2, 0.25) is 0 Å². The zero-order valence-electron chi connectivity index (χ0n) is 29.9. The summed E-state index contributed by atoms with van der Waals surface area (Å²) in [5.41, 5.74) is -0.905. The van der Waals surface area contributed by atoms with Crippen LogP contribution in [0.5, 0.6) is 5.75 Å². The summed E-state index contributed by atoms with van der Waals surface area (Å²) >= 11 is 0. The predicted octanol–water partition coefficient (Wildman–Crippen LogP) is 7.86. The van der Waals surface area contributed by atoms with Crippen molar-refractivity contribution in [3.8, 4) is 5.75 Å². The lowest BCUT2D eigenvalue weighted by atomic mass is 9.85. The predicted molar refractivity (Wildman–Crippen MR) is 183 cm³/mol. The maximum absolute atomic E-state index is 16.7. The highest BCUT2D eigenvalue weighted by Crippen LogP contribution is 2.44. The van der Waals surface area contributed by atoms with E-state index in [-0.39, 0.29) is 48.8 Å². The van der Waals surface area contributed by atoms with Gasteiger partial charge in [0.1, 0.15) is 41.4 Å². The van der Waals surface area contributed by atoms with Crippen LogP contribution in [0.25, 0.3) is 0 Å². The van der Waals surface area contributed by atoms with E-state index < -0.39 is 46.8 Å². The number of amides is 2. The van der Waals surface area contributed by atoms with Crippen LogP contribution in [0.3, 0.4) is 0 Å². The number of halogens is 1. The molecule has 264 valence electrons. The summed E-state index contributed by atoms with van der Waals surface area (Å²) in [6.07, 6.45) is 2.06. The molecule has 1 aliphatic carbocycles. The lowest BCUT2D eigenvalue weighted by Crippen LogP contribution is -2.50. The number of hydrogen-bond donors (Lipinski definition) is 1. The number of benzene rings is 2. The summed E-state index contributed by atoms with van der Waals surface area (Å²) in [5, 5.41) is 2.90. The van der Waals surface area contributed by atoms with Crippen molar-refractivity contribution in [2.75, 3.05) is 29.9 Å². The van der Waals surface area contributed by atoms with E-state index in [9.17, 15) is 14.4 Å². The Morgan fingerprint density at radius 2 is 1.52 bits per heavy atom. The fraction of sp³-hybridized carbons (Fsp3) is 0.595. The van der Waals surface area contributed by atoms with Crippen LogP contribution in [-0.4, -0.2) is 65.5 Å². The molecule has 1 heterocycles. The molecule has 0 aromatic heterocycles. The molecule has 2 amide bonds. The highest BCUT2D eigenvalue weighted by molar-refractivity contribution is 5.93. The topological polar surface area (TPSA) is 107 Å². The molecule has 1 fully saturated rings. The van der Waals surface area contributed by atoms with Gasteiger partial charge in [0, 0.05) is 31.1 Å². The van der Waals surface area contributed by atoms with Crippen molar-refractivity contribution in [1.82, 2.24) is 4.90 Å². The molecule has 1 atom stereocenters. The number of hydrogen-bond acceptors (Lipinski definition) is 8. The van der Waals surface area contributed by atoms with Crippen LogP contribution >= 0.6 is 0 Å². The number of carbonyl (C=O) groups is 3. The van der Waals surface area contributed by atoms with E-state index in [0.29, 0.717) is 12.5 Å². The lowest BCUT2D eigenvalue weighted by Gasteiger charge is -2.37. The lowest BCUT2D eigenvalue weighted by molar-refractivity contribution is -0.152. The minimum Gasteiger partial charge on any atom is -0.487 e. The third kappa shape index (κ3) is 10.2. The zero-order valence-corrected chi connectivity index (χ0v) is 29.9. The van der Waals surface area contributed by atoms with Crippen molar-refractivity contribution in [2.45, 2.75) is 117 Å². The van der Waals surface area contributed by atoms with Crippen molar-refractivity contribution in [1.29, 1.82) is 0 Å². The zero-order chi connectivity index (χ0) is 35.4. The van der Waals surface area contributed by atoms with Gasteiger partial charge in [-0.05, 0) is 86.6 Å². The monoisotopic (exact) mass is 669 g/mol. The SMILES string of the molecule is CC(C)(C)OC(=O)CNc1c(OCc2ccccc2)cc2c(c1F)C[C@H](CN(CC1CCC1)C(=O)OC(C)(C)C)N2C(=O)OC(C)(C)C. The molecule has 0 radical (unpaired) electrons. The average Bonchev–Trinajstić information content (AvgIpc) is 3.28. The fourth-order valence-electron chi connectivity index (χ4n) is 5.64. The number of anilines is 2. The number of nitrogens with zero attached hydrogens (tertiary/aromatic N) is 2. The molecule has 48 heavy (non-hydrogen) atoms. The van der Waals surface area contributed by atoms with Gasteiger partial charge in [0.05, 0.1) is 11.7 Å². The smallest absolute Gasteiger partial charge is 0.415 e. The van der Waals surface area contributed by atoms with E-state index in [1.807, 2.05) is 51.1 Å². The number of fused-ring (bicyclic) bond motifs is 1. The number of carbonyl (C=O) groups excluding carboxylic acids is 3. The Balaban J connectivity index is 1.73. The summed E-state index contributed by atoms with van der Waals surface area (Å²) in [7, 11) is 0. The van der Waals surface area contributed by atoms with Crippen molar-refractivity contribution >= 4 is 29.5 Å². The van der Waals surface area contributed by atoms with Crippen molar-refractivity contribution in [2.24, 2.45) is 5.92 Å². The Morgan fingerprint density at radius 1 is 0.896 bits per heavy atom. The van der Waals surface area contributed by atoms with E-state index in [0.717, 1.165) is 24.8 Å². The Kier molecular flexibility index (Phi) is 11.2. The number of rotatable bonds is 10. The van der Waals surface area contributed by atoms with Gasteiger partial charge >= 0.3 is 18.2 Å². The third-order valence-corrected chi connectivity index (χ3v) is 7.82. The minimum absolute atomic E-state index is 0.0150. The van der Waals surface area contributed by atoms with Gasteiger partial charge < -0.3 is 29.2 Å². The number of ether oxygens (including phenoxy) is 4. The molecular weight excluding hydrogens is 617 g/mol. The van der Waals surface area contributed by atoms with E-state index in [1.165, 1.54) is 4.90 Å². The molecule has 0 unspecified atom stereocenters. The second kappa shape index (κ2) is 14.6. The molecule has 1 N–H and O–H groups in total. The van der Waals surface area contributed by atoms with Gasteiger partial charge in [0.2, 0.25) is 0 Å². The van der Waals surface area contributed by atoms with E-state index in [2.05, 4.69) is 5.32 Å². The Labute approximate surface area is 284 Å². The molecular formula is C37H52FN3O7. The van der Waals surface area contributed by atoms with E-state index in [4.69, 9.17) is 18.9 Å². The average molecular weight is 670 g/mol. The van der Waals surface area contributed by atoms with Crippen LogP contribution in [0.1, 0.15) is 92.7 Å². The van der Waals surface area contributed by atoms with Crippen LogP contribution in [0.4, 0.5) is 25.4 Å². The van der Waals surface area contributed by atoms with Gasteiger partial charge in [-0.25, -0.2) is 14.0 Å². The normalized spacial score (nSPS) is 16.5. The number of nitrogens with one attached hydrogen (secondary N) is 1. The third-order valence-electron chi connectivity index (χ3n) is 7.82. The van der Waals surface area contributed by atoms with Crippen molar-refractivity contribution in [3.63, 3.8) is 0 Å². The maximum Gasteiger partial charge on any atom is 0.415 e. The summed E-state index contributed by atoms with van der Waals surface area (Å²) in [6.45, 7) is 16.4. The van der Waals surface area contributed by atoms with Gasteiger partial charge in [-0.15, -0.1) is 0 Å². The summed E-state index contributed by atoms with van der Waals surface area (Å²) < 4.78 is 39.9. The molecule has 0 saturated heterocycles. The highest BCUT2D eigenvalue weighted by Gasteiger charge is 2.42. The van der Waals surface area contributed by atoms with Gasteiger partial charge in [-0.2, -0.15) is 0 Å². The van der Waals surface area contributed by atoms with E-state index >= 15 is 4.39 Å². The van der Waals surface area contributed by atoms with Gasteiger partial charge in [-0.3, -0.25) is 9.69 Å². The van der Waals surface area contributed by atoms with E-state index in [1.54, 1.807) is 52.5 Å². The standard InChI is InChI=1S/C37H52FN3O7/c1-35(2,3)46-30(42)20-39-32-29(45-23-25-14-11-10-12-15-25)19-28-27(31(32)38)18-26(41(28)34(44)48-37(7,8)9)22-40(21-24-16-13-17-24)33(43)47-36(4,5)6/h10-12,14-15,19,24,26,39H,13,16-18,20-23H2,1-9H3/t26-/m1/s1. The number of esters is 1. The molecule has 2 aromatic rings. The van der Waals surface area contributed by atoms with Crippen molar-refractivity contribution < 1.29 is 37.7 Å².